The smallest absolute Gasteiger partial charge is 0.248 e. The van der Waals surface area contributed by atoms with Crippen molar-refractivity contribution in [2.24, 2.45) is 5.73 Å². The summed E-state index contributed by atoms with van der Waals surface area (Å²) in [6.07, 6.45) is 0.700. The molecule has 0 aromatic heterocycles. The van der Waals surface area contributed by atoms with E-state index in [2.05, 4.69) is 19.2 Å². The number of hydrogen-bond donors (Lipinski definition) is 3. The third-order valence-electron chi connectivity index (χ3n) is 3.12. The summed E-state index contributed by atoms with van der Waals surface area (Å²) >= 11 is 0. The number of aryl methyl sites for hydroxylation is 1. The summed E-state index contributed by atoms with van der Waals surface area (Å²) in [6, 6.07) is 5.46. The monoisotopic (exact) mass is 250 g/mol. The molecule has 1 rings (SSSR count). The molecule has 0 saturated heterocycles. The highest BCUT2D eigenvalue weighted by Gasteiger charge is 2.16. The van der Waals surface area contributed by atoms with Gasteiger partial charge in [-0.1, -0.05) is 6.07 Å². The van der Waals surface area contributed by atoms with Gasteiger partial charge in [0.2, 0.25) is 5.91 Å². The third-order valence-corrected chi connectivity index (χ3v) is 3.12. The van der Waals surface area contributed by atoms with E-state index in [0.29, 0.717) is 18.5 Å². The van der Waals surface area contributed by atoms with Crippen molar-refractivity contribution in [3.05, 3.63) is 34.9 Å². The molecule has 0 spiro atoms. The standard InChI is InChI=1S/C14H22N2O2/c1-10-8-11(13(15)18)4-5-12(10)9-16-14(2,3)6-7-17/h4-5,8,16-17H,6-7,9H2,1-3H3,(H2,15,18). The van der Waals surface area contributed by atoms with E-state index in [9.17, 15) is 4.79 Å². The van der Waals surface area contributed by atoms with Crippen molar-refractivity contribution in [3.8, 4) is 0 Å². The number of hydrogen-bond acceptors (Lipinski definition) is 3. The second-order valence-corrected chi connectivity index (χ2v) is 5.22. The van der Waals surface area contributed by atoms with Gasteiger partial charge in [0, 0.05) is 24.3 Å². The van der Waals surface area contributed by atoms with Gasteiger partial charge >= 0.3 is 0 Å². The van der Waals surface area contributed by atoms with Gasteiger partial charge in [0.15, 0.2) is 0 Å². The van der Waals surface area contributed by atoms with Gasteiger partial charge < -0.3 is 16.2 Å². The van der Waals surface area contributed by atoms with Crippen LogP contribution in [0.25, 0.3) is 0 Å². The van der Waals surface area contributed by atoms with E-state index in [1.54, 1.807) is 12.1 Å². The first-order valence-electron chi connectivity index (χ1n) is 6.11. The lowest BCUT2D eigenvalue weighted by atomic mass is 9.99. The average molecular weight is 250 g/mol. The molecule has 100 valence electrons. The Balaban J connectivity index is 2.71. The molecule has 0 fully saturated rings. The van der Waals surface area contributed by atoms with Crippen LogP contribution >= 0.6 is 0 Å². The molecule has 4 heteroatoms. The fourth-order valence-electron chi connectivity index (χ4n) is 1.75. The number of carbonyl (C=O) groups excluding carboxylic acids is 1. The number of rotatable bonds is 6. The lowest BCUT2D eigenvalue weighted by Crippen LogP contribution is -2.39. The van der Waals surface area contributed by atoms with Gasteiger partial charge in [0.25, 0.3) is 0 Å². The predicted octanol–water partition coefficient (Wildman–Crippen LogP) is 1.34. The molecule has 0 bridgehead atoms. The molecule has 0 aliphatic rings. The number of aliphatic hydroxyl groups excluding tert-OH is 1. The van der Waals surface area contributed by atoms with Gasteiger partial charge in [-0.3, -0.25) is 4.79 Å². The summed E-state index contributed by atoms with van der Waals surface area (Å²) in [5.41, 5.74) is 7.83. The first-order chi connectivity index (χ1) is 8.35. The number of primary amides is 1. The molecule has 0 atom stereocenters. The molecule has 0 radical (unpaired) electrons. The summed E-state index contributed by atoms with van der Waals surface area (Å²) in [4.78, 5) is 11.0. The Morgan fingerprint density at radius 1 is 1.44 bits per heavy atom. The van der Waals surface area contributed by atoms with Crippen molar-refractivity contribution in [3.63, 3.8) is 0 Å². The van der Waals surface area contributed by atoms with Crippen molar-refractivity contribution in [2.45, 2.75) is 39.3 Å². The van der Waals surface area contributed by atoms with Crippen LogP contribution in [0.5, 0.6) is 0 Å². The Hall–Kier alpha value is -1.39. The molecule has 1 amide bonds. The van der Waals surface area contributed by atoms with Gasteiger partial charge in [-0.25, -0.2) is 0 Å². The first kappa shape index (κ1) is 14.7. The molecule has 0 unspecified atom stereocenters. The number of nitrogens with two attached hydrogens (primary N) is 1. The van der Waals surface area contributed by atoms with Gasteiger partial charge in [0.05, 0.1) is 0 Å². The highest BCUT2D eigenvalue weighted by molar-refractivity contribution is 5.93. The van der Waals surface area contributed by atoms with E-state index >= 15 is 0 Å². The Bertz CT molecular complexity index is 428. The minimum atomic E-state index is -0.404. The maximum atomic E-state index is 11.0. The SMILES string of the molecule is Cc1cc(C(N)=O)ccc1CNC(C)(C)CCO. The van der Waals surface area contributed by atoms with Crippen LogP contribution in [0.3, 0.4) is 0 Å². The maximum Gasteiger partial charge on any atom is 0.248 e. The first-order valence-corrected chi connectivity index (χ1v) is 6.11. The van der Waals surface area contributed by atoms with Crippen LogP contribution in [0.4, 0.5) is 0 Å². The second kappa shape index (κ2) is 5.98. The molecule has 4 nitrogen and oxygen atoms in total. The quantitative estimate of drug-likeness (QED) is 0.713. The van der Waals surface area contributed by atoms with E-state index in [1.165, 1.54) is 0 Å². The fourth-order valence-corrected chi connectivity index (χ4v) is 1.75. The van der Waals surface area contributed by atoms with E-state index < -0.39 is 5.91 Å². The van der Waals surface area contributed by atoms with Crippen molar-refractivity contribution < 1.29 is 9.90 Å². The van der Waals surface area contributed by atoms with Gasteiger partial charge in [-0.2, -0.15) is 0 Å². The number of nitrogens with one attached hydrogen (secondary N) is 1. The summed E-state index contributed by atoms with van der Waals surface area (Å²) in [5, 5.41) is 12.3. The fraction of sp³-hybridized carbons (Fsp3) is 0.500. The van der Waals surface area contributed by atoms with Crippen molar-refractivity contribution in [1.29, 1.82) is 0 Å². The second-order valence-electron chi connectivity index (χ2n) is 5.22. The van der Waals surface area contributed by atoms with Crippen LogP contribution in [0.2, 0.25) is 0 Å². The zero-order chi connectivity index (χ0) is 13.8. The van der Waals surface area contributed by atoms with Crippen molar-refractivity contribution >= 4 is 5.91 Å². The zero-order valence-electron chi connectivity index (χ0n) is 11.3. The molecule has 18 heavy (non-hydrogen) atoms. The van der Waals surface area contributed by atoms with Crippen LogP contribution < -0.4 is 11.1 Å². The van der Waals surface area contributed by atoms with E-state index in [0.717, 1.165) is 11.1 Å². The highest BCUT2D eigenvalue weighted by atomic mass is 16.3. The molecular formula is C14H22N2O2. The van der Waals surface area contributed by atoms with Crippen LogP contribution in [0.15, 0.2) is 18.2 Å². The van der Waals surface area contributed by atoms with Crippen LogP contribution in [0.1, 0.15) is 41.8 Å². The topological polar surface area (TPSA) is 75.4 Å². The molecular weight excluding hydrogens is 228 g/mol. The number of amides is 1. The molecule has 1 aromatic rings. The Morgan fingerprint density at radius 3 is 2.61 bits per heavy atom. The summed E-state index contributed by atoms with van der Waals surface area (Å²) < 4.78 is 0. The van der Waals surface area contributed by atoms with Crippen LogP contribution in [0, 0.1) is 6.92 Å². The maximum absolute atomic E-state index is 11.0. The zero-order valence-corrected chi connectivity index (χ0v) is 11.3. The molecule has 0 aliphatic heterocycles. The lowest BCUT2D eigenvalue weighted by molar-refractivity contribution is 0.1000. The number of aliphatic hydroxyl groups is 1. The normalized spacial score (nSPS) is 11.6. The molecule has 0 aliphatic carbocycles. The van der Waals surface area contributed by atoms with Gasteiger partial charge in [0.1, 0.15) is 0 Å². The molecule has 0 saturated carbocycles. The largest absolute Gasteiger partial charge is 0.396 e. The molecule has 4 N–H and O–H groups in total. The summed E-state index contributed by atoms with van der Waals surface area (Å²) in [5.74, 6) is -0.404. The van der Waals surface area contributed by atoms with Crippen molar-refractivity contribution in [2.75, 3.05) is 6.61 Å². The van der Waals surface area contributed by atoms with Gasteiger partial charge in [-0.05, 0) is 50.5 Å². The Morgan fingerprint density at radius 2 is 2.11 bits per heavy atom. The minimum Gasteiger partial charge on any atom is -0.396 e. The minimum absolute atomic E-state index is 0.108. The van der Waals surface area contributed by atoms with E-state index in [4.69, 9.17) is 10.8 Å². The summed E-state index contributed by atoms with van der Waals surface area (Å²) in [7, 11) is 0. The van der Waals surface area contributed by atoms with Crippen LogP contribution in [-0.4, -0.2) is 23.2 Å². The average Bonchev–Trinajstić information content (AvgIpc) is 2.27. The highest BCUT2D eigenvalue weighted by Crippen LogP contribution is 2.14. The lowest BCUT2D eigenvalue weighted by Gasteiger charge is -2.26. The predicted molar refractivity (Wildman–Crippen MR) is 72.3 cm³/mol. The molecule has 0 heterocycles. The van der Waals surface area contributed by atoms with E-state index in [1.807, 2.05) is 13.0 Å². The summed E-state index contributed by atoms with van der Waals surface area (Å²) in [6.45, 7) is 6.94. The van der Waals surface area contributed by atoms with Crippen LogP contribution in [-0.2, 0) is 6.54 Å². The van der Waals surface area contributed by atoms with Crippen molar-refractivity contribution in [1.82, 2.24) is 5.32 Å². The Kier molecular flexibility index (Phi) is 4.87. The number of benzene rings is 1. The third kappa shape index (κ3) is 4.13. The van der Waals surface area contributed by atoms with Gasteiger partial charge in [-0.15, -0.1) is 0 Å². The Labute approximate surface area is 108 Å². The molecule has 1 aromatic carbocycles. The van der Waals surface area contributed by atoms with E-state index in [-0.39, 0.29) is 12.1 Å². The number of carbonyl (C=O) groups is 1.